The van der Waals surface area contributed by atoms with Gasteiger partial charge in [0, 0.05) is 37.8 Å². The quantitative estimate of drug-likeness (QED) is 0.0221. The minimum Gasteiger partial charge on any atom is -0.494 e. The minimum absolute atomic E-state index is 0.0200. The van der Waals surface area contributed by atoms with Gasteiger partial charge in [-0.1, -0.05) is 66.7 Å². The zero-order chi connectivity index (χ0) is 53.6. The van der Waals surface area contributed by atoms with Gasteiger partial charge in [0.15, 0.2) is 0 Å². The Labute approximate surface area is 424 Å². The molecule has 1 saturated heterocycles. The van der Waals surface area contributed by atoms with Gasteiger partial charge in [-0.15, -0.1) is 0 Å². The van der Waals surface area contributed by atoms with Gasteiger partial charge in [0.05, 0.1) is 31.0 Å². The predicted molar refractivity (Wildman–Crippen MR) is 267 cm³/mol. The van der Waals surface area contributed by atoms with Crippen LogP contribution in [0.1, 0.15) is 53.7 Å². The number of hydrogen-bond donors (Lipinski definition) is 11. The number of urea groups is 1. The second-order valence-electron chi connectivity index (χ2n) is 16.1. The topological polar surface area (TPSA) is 354 Å². The van der Waals surface area contributed by atoms with Gasteiger partial charge in [0.25, 0.3) is 33.7 Å². The van der Waals surface area contributed by atoms with Crippen LogP contribution in [-0.2, 0) is 51.9 Å². The Bertz CT molecular complexity index is 2960. The molecule has 25 heteroatoms. The average molecular weight is 1040 g/mol. The molecule has 5 rings (SSSR count). The second kappa shape index (κ2) is 27.4. The first kappa shape index (κ1) is 55.7. The summed E-state index contributed by atoms with van der Waals surface area (Å²) >= 11 is 0. The van der Waals surface area contributed by atoms with E-state index < -0.39 is 75.8 Å². The number of ether oxygens (including phenoxy) is 1. The van der Waals surface area contributed by atoms with Crippen LogP contribution in [0, 0.1) is 0 Å². The highest BCUT2D eigenvalue weighted by Gasteiger charge is 2.28. The van der Waals surface area contributed by atoms with Gasteiger partial charge in [0.2, 0.25) is 11.8 Å². The number of aliphatic carboxylic acids is 1. The number of allylic oxidation sites excluding steroid dienone is 1. The number of carbonyl (C=O) groups excluding carboxylic acids is 7. The highest BCUT2D eigenvalue weighted by atomic mass is 32.2. The molecular weight excluding hydrogens is 983 g/mol. The summed E-state index contributed by atoms with van der Waals surface area (Å²) in [7, 11) is -4.46. The Balaban J connectivity index is 1.18. The van der Waals surface area contributed by atoms with Crippen LogP contribution in [0.4, 0.5) is 10.6 Å². The van der Waals surface area contributed by atoms with Gasteiger partial charge in [-0.25, -0.2) is 14.6 Å². The van der Waals surface area contributed by atoms with Crippen LogP contribution in [0.3, 0.4) is 0 Å². The molecule has 74 heavy (non-hydrogen) atoms. The maximum Gasteiger partial charge on any atom is 0.330 e. The van der Waals surface area contributed by atoms with Crippen molar-refractivity contribution in [2.75, 3.05) is 31.7 Å². The number of nitrogens with one attached hydrogen (secondary N) is 9. The molecule has 0 radical (unpaired) electrons. The molecule has 3 aromatic carbocycles. The maximum absolute atomic E-state index is 14.0. The molecule has 0 bridgehead atoms. The van der Waals surface area contributed by atoms with Crippen molar-refractivity contribution in [2.24, 2.45) is 5.10 Å². The molecule has 1 aliphatic heterocycles. The van der Waals surface area contributed by atoms with E-state index in [-0.39, 0.29) is 72.3 Å². The highest BCUT2D eigenvalue weighted by molar-refractivity contribution is 7.86. The van der Waals surface area contributed by atoms with Crippen LogP contribution in [0.25, 0.3) is 0 Å². The Kier molecular flexibility index (Phi) is 20.6. The number of benzene rings is 3. The largest absolute Gasteiger partial charge is 0.494 e. The standard InChI is InChI=1S/C49H53N11O13S/c1-30(2)43-48(68)57-36(13-8-21-51-49(69)54-26-32-10-4-3-5-11-32)45(65)53-29-41(61)56-38(25-42(62)63)46(66)58-37(47(67)59-43)24-31-15-18-35(19-16-31)73-23-9-22-50-44(64)34-17-20-40(52-27-34)60-55-28-33-12-6-7-14-39(33)74(70,71)72/h3-7,10-20,25,27-28,37H,8-9,21-24,26,29H2,1-2H3,(H,50,64)(H,52,60)(H,53,65)(H,56,61)(H,57,68)(H,58,66)(H,59,67)(H,62,63)(H2,51,54,69)(H,70,71,72)/b36-13-,38-25+,55-28+/t37-/m1/s1. The number of rotatable bonds is 18. The van der Waals surface area contributed by atoms with Crippen molar-refractivity contribution in [1.82, 2.24) is 47.5 Å². The van der Waals surface area contributed by atoms with Gasteiger partial charge in [-0.3, -0.25) is 38.7 Å². The van der Waals surface area contributed by atoms with Crippen LogP contribution in [-0.4, -0.2) is 109 Å². The lowest BCUT2D eigenvalue weighted by atomic mass is 10.0. The molecule has 2 heterocycles. The van der Waals surface area contributed by atoms with E-state index in [0.717, 1.165) is 5.56 Å². The maximum atomic E-state index is 14.0. The van der Waals surface area contributed by atoms with Crippen LogP contribution in [0.15, 0.2) is 142 Å². The molecule has 1 fully saturated rings. The van der Waals surface area contributed by atoms with E-state index in [1.807, 2.05) is 30.3 Å². The molecule has 0 aliphatic carbocycles. The fourth-order valence-electron chi connectivity index (χ4n) is 6.53. The van der Waals surface area contributed by atoms with E-state index in [1.54, 1.807) is 30.3 Å². The number of carboxylic acids is 1. The molecule has 4 aromatic rings. The molecule has 8 amide bonds. The van der Waals surface area contributed by atoms with Gasteiger partial charge in [0.1, 0.15) is 39.6 Å². The van der Waals surface area contributed by atoms with Crippen molar-refractivity contribution in [3.8, 4) is 5.75 Å². The summed E-state index contributed by atoms with van der Waals surface area (Å²) in [5.41, 5.74) is 3.26. The van der Waals surface area contributed by atoms with E-state index in [0.29, 0.717) is 29.4 Å². The zero-order valence-corrected chi connectivity index (χ0v) is 40.7. The molecule has 1 atom stereocenters. The lowest BCUT2D eigenvalue weighted by Gasteiger charge is -2.21. The number of nitrogens with zero attached hydrogens (tertiary/aromatic N) is 2. The predicted octanol–water partition coefficient (Wildman–Crippen LogP) is 1.51. The number of carboxylic acid groups (broad SMARTS) is 1. The first-order chi connectivity index (χ1) is 35.4. The molecule has 388 valence electrons. The SMILES string of the molecule is CC(C)=C1NC(=O)[C@@H](Cc2ccc(OCCCNC(=O)c3ccc(N/N=C/c4ccccc4S(=O)(=O)O)nc3)cc2)NC(=O)/C(=C\C(=O)O)NC(=O)CNC(=O)/C(=C/CCNC(=O)NCc2ccccc2)NC1=O. The van der Waals surface area contributed by atoms with Gasteiger partial charge >= 0.3 is 12.0 Å². The minimum atomic E-state index is -4.46. The number of amides is 8. The average Bonchev–Trinajstić information content (AvgIpc) is 3.37. The molecule has 24 nitrogen and oxygen atoms in total. The molecule has 1 aliphatic rings. The molecule has 0 unspecified atom stereocenters. The lowest BCUT2D eigenvalue weighted by Crippen LogP contribution is -2.51. The number of carbonyl (C=O) groups is 8. The summed E-state index contributed by atoms with van der Waals surface area (Å²) < 4.78 is 38.4. The number of anilines is 1. The van der Waals surface area contributed by atoms with Crippen LogP contribution < -0.4 is 52.7 Å². The summed E-state index contributed by atoms with van der Waals surface area (Å²) in [5.74, 6) is -6.35. The van der Waals surface area contributed by atoms with Crippen LogP contribution in [0.5, 0.6) is 5.75 Å². The highest BCUT2D eigenvalue weighted by Crippen LogP contribution is 2.16. The van der Waals surface area contributed by atoms with Crippen molar-refractivity contribution in [3.63, 3.8) is 0 Å². The third kappa shape index (κ3) is 18.2. The third-order valence-electron chi connectivity index (χ3n) is 10.2. The van der Waals surface area contributed by atoms with Gasteiger partial charge < -0.3 is 52.4 Å². The van der Waals surface area contributed by atoms with Crippen molar-refractivity contribution in [3.05, 3.63) is 154 Å². The lowest BCUT2D eigenvalue weighted by molar-refractivity contribution is -0.132. The van der Waals surface area contributed by atoms with E-state index >= 15 is 0 Å². The molecular formula is C49H53N11O13S. The Morgan fingerprint density at radius 1 is 0.811 bits per heavy atom. The first-order valence-corrected chi connectivity index (χ1v) is 24.0. The normalized spacial score (nSPS) is 15.9. The van der Waals surface area contributed by atoms with Gasteiger partial charge in [-0.05, 0) is 73.7 Å². The van der Waals surface area contributed by atoms with E-state index in [4.69, 9.17) is 4.74 Å². The fourth-order valence-corrected chi connectivity index (χ4v) is 7.20. The number of pyridine rings is 1. The Morgan fingerprint density at radius 3 is 2.23 bits per heavy atom. The number of hydrazone groups is 1. The van der Waals surface area contributed by atoms with Crippen molar-refractivity contribution in [1.29, 1.82) is 0 Å². The van der Waals surface area contributed by atoms with Crippen LogP contribution in [0.2, 0.25) is 0 Å². The molecule has 1 aromatic heterocycles. The van der Waals surface area contributed by atoms with Crippen molar-refractivity contribution >= 4 is 69.6 Å². The summed E-state index contributed by atoms with van der Waals surface area (Å²) in [5, 5.41) is 33.4. The zero-order valence-electron chi connectivity index (χ0n) is 39.9. The number of aromatic nitrogens is 1. The van der Waals surface area contributed by atoms with E-state index in [2.05, 4.69) is 58.0 Å². The second-order valence-corrected chi connectivity index (χ2v) is 17.5. The van der Waals surface area contributed by atoms with Crippen LogP contribution >= 0.6 is 0 Å². The summed E-state index contributed by atoms with van der Waals surface area (Å²) in [6, 6.07) is 22.3. The Morgan fingerprint density at radius 2 is 1.54 bits per heavy atom. The van der Waals surface area contributed by atoms with E-state index in [1.165, 1.54) is 62.7 Å². The van der Waals surface area contributed by atoms with Crippen molar-refractivity contribution in [2.45, 2.75) is 50.6 Å². The first-order valence-electron chi connectivity index (χ1n) is 22.6. The molecule has 0 saturated carbocycles. The third-order valence-corrected chi connectivity index (χ3v) is 11.1. The van der Waals surface area contributed by atoms with E-state index in [9.17, 15) is 56.4 Å². The molecule has 0 spiro atoms. The Hall–Kier alpha value is -9.23. The molecule has 11 N–H and O–H groups in total. The summed E-state index contributed by atoms with van der Waals surface area (Å²) in [4.78, 5) is 108. The summed E-state index contributed by atoms with van der Waals surface area (Å²) in [6.07, 6.45) is 4.42. The fraction of sp³-hybridized carbons (Fsp3) is 0.224. The van der Waals surface area contributed by atoms with Crippen molar-refractivity contribution < 1.29 is 61.2 Å². The summed E-state index contributed by atoms with van der Waals surface area (Å²) in [6.45, 7) is 2.94. The van der Waals surface area contributed by atoms with Gasteiger partial charge in [-0.2, -0.15) is 13.5 Å². The smallest absolute Gasteiger partial charge is 0.330 e. The number of hydrogen-bond acceptors (Lipinski definition) is 14. The monoisotopic (exact) mass is 1040 g/mol.